The number of aromatic nitrogens is 1. The molecule has 0 fully saturated rings. The van der Waals surface area contributed by atoms with Crippen molar-refractivity contribution in [3.8, 4) is 11.5 Å². The van der Waals surface area contributed by atoms with Crippen LogP contribution in [-0.4, -0.2) is 19.2 Å². The minimum absolute atomic E-state index is 0.352. The third-order valence-electron chi connectivity index (χ3n) is 3.46. The van der Waals surface area contributed by atoms with Gasteiger partial charge in [0, 0.05) is 6.20 Å². The molecule has 4 nitrogen and oxygen atoms in total. The minimum atomic E-state index is -0.352. The summed E-state index contributed by atoms with van der Waals surface area (Å²) in [6.07, 6.45) is 1.81. The van der Waals surface area contributed by atoms with Crippen LogP contribution in [0.25, 0.3) is 10.2 Å². The zero-order valence-electron chi connectivity index (χ0n) is 11.9. The zero-order chi connectivity index (χ0) is 14.8. The highest BCUT2D eigenvalue weighted by Gasteiger charge is 2.19. The first kappa shape index (κ1) is 13.9. The van der Waals surface area contributed by atoms with Gasteiger partial charge in [-0.3, -0.25) is 4.98 Å². The summed E-state index contributed by atoms with van der Waals surface area (Å²) in [5.74, 6) is 1.43. The van der Waals surface area contributed by atoms with Crippen molar-refractivity contribution in [3.05, 3.63) is 53.0 Å². The van der Waals surface area contributed by atoms with Crippen molar-refractivity contribution in [2.45, 2.75) is 6.04 Å². The molecule has 21 heavy (non-hydrogen) atoms. The highest BCUT2D eigenvalue weighted by atomic mass is 32.1. The molecule has 1 aromatic carbocycles. The SMILES string of the molecule is COc1cccc(OC)c1C(N)c1cnc2ccsc2c1. The van der Waals surface area contributed by atoms with Crippen molar-refractivity contribution in [3.63, 3.8) is 0 Å². The number of fused-ring (bicyclic) bond motifs is 1. The highest BCUT2D eigenvalue weighted by Crippen LogP contribution is 2.36. The number of nitrogens with two attached hydrogens (primary N) is 1. The number of hydrogen-bond donors (Lipinski definition) is 1. The predicted molar refractivity (Wildman–Crippen MR) is 85.2 cm³/mol. The maximum Gasteiger partial charge on any atom is 0.127 e. The Hall–Kier alpha value is -2.11. The van der Waals surface area contributed by atoms with Crippen LogP contribution in [-0.2, 0) is 0 Å². The molecule has 0 radical (unpaired) electrons. The summed E-state index contributed by atoms with van der Waals surface area (Å²) >= 11 is 1.65. The molecular weight excluding hydrogens is 284 g/mol. The molecule has 2 heterocycles. The molecule has 0 spiro atoms. The fourth-order valence-electron chi connectivity index (χ4n) is 2.38. The molecule has 2 aromatic heterocycles. The van der Waals surface area contributed by atoms with Crippen LogP contribution >= 0.6 is 11.3 Å². The van der Waals surface area contributed by atoms with Crippen molar-refractivity contribution in [1.82, 2.24) is 4.98 Å². The van der Waals surface area contributed by atoms with E-state index in [1.54, 1.807) is 25.6 Å². The van der Waals surface area contributed by atoms with E-state index in [4.69, 9.17) is 15.2 Å². The van der Waals surface area contributed by atoms with Crippen molar-refractivity contribution in [2.75, 3.05) is 14.2 Å². The standard InChI is InChI=1S/C16H16N2O2S/c1-19-12-4-3-5-13(20-2)15(12)16(17)10-8-14-11(18-9-10)6-7-21-14/h3-9,16H,17H2,1-2H3. The van der Waals surface area contributed by atoms with Crippen molar-refractivity contribution in [1.29, 1.82) is 0 Å². The summed E-state index contributed by atoms with van der Waals surface area (Å²) in [5.41, 5.74) is 9.19. The maximum atomic E-state index is 6.43. The quantitative estimate of drug-likeness (QED) is 0.802. The maximum absolute atomic E-state index is 6.43. The fourth-order valence-corrected chi connectivity index (χ4v) is 3.17. The average molecular weight is 300 g/mol. The van der Waals surface area contributed by atoms with Crippen LogP contribution in [0.5, 0.6) is 11.5 Å². The van der Waals surface area contributed by atoms with Crippen LogP contribution < -0.4 is 15.2 Å². The van der Waals surface area contributed by atoms with E-state index in [2.05, 4.69) is 11.1 Å². The second-order valence-electron chi connectivity index (χ2n) is 4.63. The molecular formula is C16H16N2O2S. The molecule has 3 aromatic rings. The first-order chi connectivity index (χ1) is 10.2. The third-order valence-corrected chi connectivity index (χ3v) is 4.31. The van der Waals surface area contributed by atoms with E-state index < -0.39 is 0 Å². The van der Waals surface area contributed by atoms with E-state index >= 15 is 0 Å². The molecule has 0 saturated heterocycles. The van der Waals surface area contributed by atoms with Gasteiger partial charge in [-0.25, -0.2) is 0 Å². The summed E-state index contributed by atoms with van der Waals surface area (Å²) in [4.78, 5) is 4.45. The van der Waals surface area contributed by atoms with Crippen LogP contribution in [0, 0.1) is 0 Å². The largest absolute Gasteiger partial charge is 0.496 e. The van der Waals surface area contributed by atoms with Gasteiger partial charge in [0.25, 0.3) is 0 Å². The number of nitrogens with zero attached hydrogens (tertiary/aromatic N) is 1. The van der Waals surface area contributed by atoms with E-state index in [1.165, 1.54) is 0 Å². The average Bonchev–Trinajstić information content (AvgIpc) is 3.00. The lowest BCUT2D eigenvalue weighted by Crippen LogP contribution is -2.14. The summed E-state index contributed by atoms with van der Waals surface area (Å²) in [5, 5.41) is 2.02. The van der Waals surface area contributed by atoms with Gasteiger partial charge in [0.2, 0.25) is 0 Å². The molecule has 5 heteroatoms. The van der Waals surface area contributed by atoms with Gasteiger partial charge in [-0.2, -0.15) is 0 Å². The zero-order valence-corrected chi connectivity index (χ0v) is 12.7. The van der Waals surface area contributed by atoms with Gasteiger partial charge in [-0.1, -0.05) is 6.07 Å². The fraction of sp³-hybridized carbons (Fsp3) is 0.188. The second-order valence-corrected chi connectivity index (χ2v) is 5.57. The molecule has 1 atom stereocenters. The molecule has 0 aliphatic heterocycles. The highest BCUT2D eigenvalue weighted by molar-refractivity contribution is 7.17. The number of pyridine rings is 1. The van der Waals surface area contributed by atoms with Crippen LogP contribution in [0.1, 0.15) is 17.2 Å². The van der Waals surface area contributed by atoms with Gasteiger partial charge in [0.05, 0.1) is 36.0 Å². The molecule has 0 amide bonds. The molecule has 0 aliphatic carbocycles. The van der Waals surface area contributed by atoms with Crippen molar-refractivity contribution in [2.24, 2.45) is 5.73 Å². The Morgan fingerprint density at radius 1 is 1.14 bits per heavy atom. The Morgan fingerprint density at radius 2 is 1.86 bits per heavy atom. The molecule has 0 aliphatic rings. The summed E-state index contributed by atoms with van der Waals surface area (Å²) in [6, 6.07) is 9.37. The molecule has 1 unspecified atom stereocenters. The van der Waals surface area contributed by atoms with Crippen LogP contribution in [0.3, 0.4) is 0 Å². The van der Waals surface area contributed by atoms with E-state index in [-0.39, 0.29) is 6.04 Å². The molecule has 3 rings (SSSR count). The predicted octanol–water partition coefficient (Wildman–Crippen LogP) is 3.36. The van der Waals surface area contributed by atoms with Crippen LogP contribution in [0.4, 0.5) is 0 Å². The molecule has 108 valence electrons. The number of rotatable bonds is 4. The van der Waals surface area contributed by atoms with E-state index in [0.29, 0.717) is 11.5 Å². The van der Waals surface area contributed by atoms with E-state index in [0.717, 1.165) is 21.3 Å². The molecule has 2 N–H and O–H groups in total. The Kier molecular flexibility index (Phi) is 3.77. The summed E-state index contributed by atoms with van der Waals surface area (Å²) in [7, 11) is 3.26. The Morgan fingerprint density at radius 3 is 2.52 bits per heavy atom. The minimum Gasteiger partial charge on any atom is -0.496 e. The van der Waals surface area contributed by atoms with Gasteiger partial charge >= 0.3 is 0 Å². The van der Waals surface area contributed by atoms with Crippen molar-refractivity contribution < 1.29 is 9.47 Å². The number of benzene rings is 1. The van der Waals surface area contributed by atoms with E-state index in [1.807, 2.05) is 35.8 Å². The monoisotopic (exact) mass is 300 g/mol. The van der Waals surface area contributed by atoms with Gasteiger partial charge in [0.1, 0.15) is 11.5 Å². The topological polar surface area (TPSA) is 57.4 Å². The van der Waals surface area contributed by atoms with E-state index in [9.17, 15) is 0 Å². The van der Waals surface area contributed by atoms with Gasteiger partial charge in [-0.05, 0) is 35.2 Å². The number of ether oxygens (including phenoxy) is 2. The molecule has 0 bridgehead atoms. The smallest absolute Gasteiger partial charge is 0.127 e. The van der Waals surface area contributed by atoms with Gasteiger partial charge < -0.3 is 15.2 Å². The lowest BCUT2D eigenvalue weighted by molar-refractivity contribution is 0.382. The Bertz CT molecular complexity index is 748. The summed E-state index contributed by atoms with van der Waals surface area (Å²) < 4.78 is 12.0. The van der Waals surface area contributed by atoms with Crippen molar-refractivity contribution >= 4 is 21.6 Å². The lowest BCUT2D eigenvalue weighted by atomic mass is 9.99. The number of thiophene rings is 1. The Labute approximate surface area is 127 Å². The summed E-state index contributed by atoms with van der Waals surface area (Å²) in [6.45, 7) is 0. The molecule has 0 saturated carbocycles. The third kappa shape index (κ3) is 2.46. The van der Waals surface area contributed by atoms with Crippen LogP contribution in [0.15, 0.2) is 41.9 Å². The second kappa shape index (κ2) is 5.71. The lowest BCUT2D eigenvalue weighted by Gasteiger charge is -2.19. The first-order valence-corrected chi connectivity index (χ1v) is 7.42. The number of methoxy groups -OCH3 is 2. The van der Waals surface area contributed by atoms with Crippen LogP contribution in [0.2, 0.25) is 0 Å². The Balaban J connectivity index is 2.10. The normalized spacial score (nSPS) is 12.3. The van der Waals surface area contributed by atoms with Gasteiger partial charge in [0.15, 0.2) is 0 Å². The first-order valence-electron chi connectivity index (χ1n) is 6.54. The van der Waals surface area contributed by atoms with Gasteiger partial charge in [-0.15, -0.1) is 11.3 Å². The number of hydrogen-bond acceptors (Lipinski definition) is 5.